The second-order valence-electron chi connectivity index (χ2n) is 12.9. The van der Waals surface area contributed by atoms with E-state index in [2.05, 4.69) is 29.0 Å². The van der Waals surface area contributed by atoms with Crippen molar-refractivity contribution in [2.45, 2.75) is 56.8 Å². The van der Waals surface area contributed by atoms with E-state index in [1.807, 2.05) is 34.9 Å². The third-order valence-electron chi connectivity index (χ3n) is 7.62. The van der Waals surface area contributed by atoms with E-state index in [-0.39, 0.29) is 26.0 Å². The van der Waals surface area contributed by atoms with Gasteiger partial charge in [-0.15, -0.1) is 0 Å². The van der Waals surface area contributed by atoms with Crippen molar-refractivity contribution in [2.24, 2.45) is 4.36 Å². The first-order chi connectivity index (χ1) is 21.3. The Morgan fingerprint density at radius 3 is 2.53 bits per heavy atom. The maximum Gasteiger partial charge on any atom is 0.301 e. The van der Waals surface area contributed by atoms with Crippen LogP contribution in [0, 0.1) is 0 Å². The van der Waals surface area contributed by atoms with Gasteiger partial charge in [0.1, 0.15) is 30.6 Å². The van der Waals surface area contributed by atoms with Gasteiger partial charge in [-0.05, 0) is 24.2 Å². The van der Waals surface area contributed by atoms with Gasteiger partial charge in [0.2, 0.25) is 0 Å². The maximum absolute atomic E-state index is 12.2. The molecule has 3 aromatic heterocycles. The molecule has 0 aliphatic carbocycles. The Labute approximate surface area is 269 Å². The number of aromatic nitrogens is 4. The quantitative estimate of drug-likeness (QED) is 0.174. The van der Waals surface area contributed by atoms with Crippen LogP contribution in [0.2, 0.25) is 30.7 Å². The number of benzene rings is 1. The lowest BCUT2D eigenvalue weighted by Crippen LogP contribution is -2.35. The number of rotatable bonds is 10. The Morgan fingerprint density at radius 2 is 1.80 bits per heavy atom. The summed E-state index contributed by atoms with van der Waals surface area (Å²) >= 11 is 6.78. The molecule has 0 amide bonds. The highest BCUT2D eigenvalue weighted by Crippen LogP contribution is 2.35. The molecule has 2 fully saturated rings. The number of nitrogens with zero attached hydrogens (tertiary/aromatic N) is 5. The molecule has 1 N–H and O–H groups in total. The number of aliphatic hydroxyl groups excluding tert-OH is 1. The maximum atomic E-state index is 12.2. The van der Waals surface area contributed by atoms with Crippen LogP contribution in [0.15, 0.2) is 53.0 Å². The molecule has 4 aromatic rings. The summed E-state index contributed by atoms with van der Waals surface area (Å²) in [6, 6.07) is 14.4. The second kappa shape index (κ2) is 12.7. The zero-order valence-corrected chi connectivity index (χ0v) is 28.5. The number of halogens is 1. The van der Waals surface area contributed by atoms with Gasteiger partial charge in [0.25, 0.3) is 0 Å². The minimum absolute atomic E-state index is 0.198. The monoisotopic (exact) mass is 671 g/mol. The van der Waals surface area contributed by atoms with Crippen molar-refractivity contribution in [1.29, 1.82) is 0 Å². The molecule has 0 unspecified atom stereocenters. The van der Waals surface area contributed by atoms with Crippen LogP contribution in [0.4, 0.5) is 5.69 Å². The predicted octanol–water partition coefficient (Wildman–Crippen LogP) is 5.39. The van der Waals surface area contributed by atoms with Gasteiger partial charge in [-0.1, -0.05) is 55.5 Å². The Balaban J connectivity index is 1.31. The topological polar surface area (TPSA) is 130 Å². The standard InChI is InChI=1S/C31H38ClN5O6SSi/c1-44(2,39)36-21-10-11-33-23(14-21)19-6-8-20(9-7-19)27-22(32)15-24-30(35-27)37(18-40-12-13-45(3,4)5)31(34-24)43-26-17-42-28-25(38)16-41-29(26)28/h6-11,14-15,25-26,28-29,38H,12-13,16-18H2,1-5H3/t25-,26-,28-,29-/m1/s1. The molecule has 14 heteroatoms. The molecule has 0 saturated carbocycles. The molecule has 2 aliphatic heterocycles. The Bertz CT molecular complexity index is 1810. The molecule has 2 saturated heterocycles. The highest BCUT2D eigenvalue weighted by Gasteiger charge is 2.49. The normalized spacial score (nSPS) is 21.8. The molecule has 6 rings (SSSR count). The molecule has 240 valence electrons. The van der Waals surface area contributed by atoms with Crippen molar-refractivity contribution >= 4 is 46.3 Å². The second-order valence-corrected chi connectivity index (χ2v) is 21.5. The van der Waals surface area contributed by atoms with Crippen molar-refractivity contribution < 1.29 is 28.3 Å². The SMILES string of the molecule is C[Si](C)(C)CCOCn1c(O[C@@H]2CO[C@H]3[C@@H]2OC[C@H]3O)nc2cc(Cl)c(-c3ccc(-c4cc(N=S(C)(C)=O)ccn4)cc3)nc21. The van der Waals surface area contributed by atoms with Crippen molar-refractivity contribution in [3.8, 4) is 28.5 Å². The molecule has 11 nitrogen and oxygen atoms in total. The number of imidazole rings is 1. The van der Waals surface area contributed by atoms with Crippen LogP contribution >= 0.6 is 11.6 Å². The molecular formula is C31H38ClN5O6SSi. The summed E-state index contributed by atoms with van der Waals surface area (Å²) in [5, 5.41) is 10.6. The first kappa shape index (κ1) is 32.0. The highest BCUT2D eigenvalue weighted by atomic mass is 35.5. The van der Waals surface area contributed by atoms with Gasteiger partial charge in [-0.25, -0.2) is 9.19 Å². The molecule has 0 bridgehead atoms. The van der Waals surface area contributed by atoms with Crippen LogP contribution in [0.5, 0.6) is 6.01 Å². The number of pyridine rings is 2. The average molecular weight is 672 g/mol. The van der Waals surface area contributed by atoms with E-state index in [0.29, 0.717) is 45.9 Å². The smallest absolute Gasteiger partial charge is 0.301 e. The van der Waals surface area contributed by atoms with Crippen LogP contribution in [-0.4, -0.2) is 93.7 Å². The summed E-state index contributed by atoms with van der Waals surface area (Å²) in [7, 11) is -3.59. The molecule has 2 aliphatic rings. The van der Waals surface area contributed by atoms with Gasteiger partial charge in [-0.3, -0.25) is 9.55 Å². The third kappa shape index (κ3) is 7.40. The fourth-order valence-electron chi connectivity index (χ4n) is 5.31. The molecule has 45 heavy (non-hydrogen) atoms. The number of fused-ring (bicyclic) bond motifs is 2. The summed E-state index contributed by atoms with van der Waals surface area (Å²) in [4.78, 5) is 14.2. The zero-order valence-electron chi connectivity index (χ0n) is 26.0. The molecule has 1 aromatic carbocycles. The first-order valence-electron chi connectivity index (χ1n) is 14.8. The summed E-state index contributed by atoms with van der Waals surface area (Å²) in [5.74, 6) is 0. The lowest BCUT2D eigenvalue weighted by molar-refractivity contribution is 0.00336. The van der Waals surface area contributed by atoms with E-state index >= 15 is 0 Å². The van der Waals surface area contributed by atoms with E-state index in [0.717, 1.165) is 17.2 Å². The molecule has 0 radical (unpaired) electrons. The van der Waals surface area contributed by atoms with E-state index in [4.69, 9.17) is 40.5 Å². The predicted molar refractivity (Wildman–Crippen MR) is 177 cm³/mol. The van der Waals surface area contributed by atoms with Gasteiger partial charge < -0.3 is 24.1 Å². The van der Waals surface area contributed by atoms with Crippen LogP contribution in [0.3, 0.4) is 0 Å². The van der Waals surface area contributed by atoms with Crippen LogP contribution in [-0.2, 0) is 30.7 Å². The molecule has 5 heterocycles. The van der Waals surface area contributed by atoms with Crippen molar-refractivity contribution in [1.82, 2.24) is 19.5 Å². The van der Waals surface area contributed by atoms with Crippen LogP contribution in [0.25, 0.3) is 33.7 Å². The van der Waals surface area contributed by atoms with Crippen molar-refractivity contribution in [2.75, 3.05) is 32.3 Å². The Morgan fingerprint density at radius 1 is 1.07 bits per heavy atom. The van der Waals surface area contributed by atoms with Gasteiger partial charge in [0, 0.05) is 54.2 Å². The van der Waals surface area contributed by atoms with E-state index in [1.54, 1.807) is 30.8 Å². The molecule has 4 atom stereocenters. The van der Waals surface area contributed by atoms with Gasteiger partial charge in [0.15, 0.2) is 11.8 Å². The summed E-state index contributed by atoms with van der Waals surface area (Å²) in [6.07, 6.45) is 2.94. The first-order valence-corrected chi connectivity index (χ1v) is 21.2. The lowest BCUT2D eigenvalue weighted by atomic mass is 10.1. The average Bonchev–Trinajstić information content (AvgIpc) is 3.64. The van der Waals surface area contributed by atoms with Crippen LogP contribution < -0.4 is 4.74 Å². The Kier molecular flexibility index (Phi) is 9.05. The number of hydrogen-bond acceptors (Lipinski definition) is 10. The van der Waals surface area contributed by atoms with Gasteiger partial charge in [0.05, 0.1) is 35.3 Å². The fourth-order valence-corrected chi connectivity index (χ4v) is 6.95. The summed E-state index contributed by atoms with van der Waals surface area (Å²) < 4.78 is 42.3. The Hall–Kier alpha value is -2.91. The van der Waals surface area contributed by atoms with Crippen molar-refractivity contribution in [3.63, 3.8) is 0 Å². The number of aliphatic hydroxyl groups is 1. The minimum Gasteiger partial charge on any atom is -0.456 e. The highest BCUT2D eigenvalue weighted by molar-refractivity contribution is 7.92. The molecular weight excluding hydrogens is 634 g/mol. The largest absolute Gasteiger partial charge is 0.456 e. The minimum atomic E-state index is -2.29. The number of hydrogen-bond donors (Lipinski definition) is 1. The summed E-state index contributed by atoms with van der Waals surface area (Å²) in [6.45, 7) is 8.22. The van der Waals surface area contributed by atoms with E-state index in [9.17, 15) is 9.32 Å². The fraction of sp³-hybridized carbons (Fsp3) is 0.452. The lowest BCUT2D eigenvalue weighted by Gasteiger charge is -2.19. The van der Waals surface area contributed by atoms with Gasteiger partial charge in [-0.2, -0.15) is 9.35 Å². The van der Waals surface area contributed by atoms with Crippen molar-refractivity contribution in [3.05, 3.63) is 53.7 Å². The van der Waals surface area contributed by atoms with E-state index < -0.39 is 36.1 Å². The van der Waals surface area contributed by atoms with E-state index in [1.165, 1.54) is 0 Å². The molecule has 0 spiro atoms. The third-order valence-corrected chi connectivity index (χ3v) is 10.3. The van der Waals surface area contributed by atoms with Gasteiger partial charge >= 0.3 is 6.01 Å². The summed E-state index contributed by atoms with van der Waals surface area (Å²) in [5.41, 5.74) is 4.75. The van der Waals surface area contributed by atoms with Crippen LogP contribution in [0.1, 0.15) is 0 Å². The number of ether oxygens (including phenoxy) is 4. The zero-order chi connectivity index (χ0) is 31.9.